The number of nitrogens with one attached hydrogen (secondary N) is 1. The molecule has 0 aromatic heterocycles. The summed E-state index contributed by atoms with van der Waals surface area (Å²) in [5.74, 6) is -2.79. The summed E-state index contributed by atoms with van der Waals surface area (Å²) in [7, 11) is 2.22. The van der Waals surface area contributed by atoms with Crippen molar-refractivity contribution in [3.8, 4) is 0 Å². The summed E-state index contributed by atoms with van der Waals surface area (Å²) in [6, 6.07) is -2.10. The first-order valence-corrected chi connectivity index (χ1v) is 6.91. The minimum absolute atomic E-state index is 0.0675. The van der Waals surface area contributed by atoms with Gasteiger partial charge in [-0.25, -0.2) is 4.79 Å². The molecule has 0 aliphatic heterocycles. The molecule has 0 saturated carbocycles. The van der Waals surface area contributed by atoms with E-state index in [1.165, 1.54) is 0 Å². The monoisotopic (exact) mass is 283 g/mol. The summed E-state index contributed by atoms with van der Waals surface area (Å²) >= 11 is 0. The summed E-state index contributed by atoms with van der Waals surface area (Å²) in [5.41, 5.74) is 5.25. The average molecular weight is 283 g/mol. The van der Waals surface area contributed by atoms with Gasteiger partial charge in [0.05, 0.1) is 0 Å². The molecule has 0 spiro atoms. The van der Waals surface area contributed by atoms with Crippen molar-refractivity contribution >= 4 is 39.4 Å². The van der Waals surface area contributed by atoms with Crippen molar-refractivity contribution in [1.82, 2.24) is 5.32 Å². The summed E-state index contributed by atoms with van der Waals surface area (Å²) in [5, 5.41) is 19.5. The molecule has 0 aromatic carbocycles. The van der Waals surface area contributed by atoms with Crippen LogP contribution in [0.5, 0.6) is 0 Å². The van der Waals surface area contributed by atoms with Gasteiger partial charge in [0.1, 0.15) is 12.1 Å². The van der Waals surface area contributed by atoms with Crippen molar-refractivity contribution in [2.45, 2.75) is 19.0 Å². The molecule has 0 rings (SSSR count). The van der Waals surface area contributed by atoms with Crippen molar-refractivity contribution in [1.29, 1.82) is 0 Å². The van der Waals surface area contributed by atoms with Crippen molar-refractivity contribution < 1.29 is 26.0 Å². The van der Waals surface area contributed by atoms with Crippen LogP contribution in [-0.2, 0) is 14.4 Å². The van der Waals surface area contributed by atoms with Gasteiger partial charge in [0, 0.05) is 19.8 Å². The van der Waals surface area contributed by atoms with Crippen LogP contribution in [0.1, 0.15) is 8.27 Å². The predicted octanol–water partition coefficient (Wildman–Crippen LogP) is -0.631. The van der Waals surface area contributed by atoms with Gasteiger partial charge < -0.3 is 21.3 Å². The van der Waals surface area contributed by atoms with Crippen LogP contribution in [0, 0.1) is 0 Å². The Morgan fingerprint density at radius 1 is 1.29 bits per heavy atom. The molecule has 0 heterocycles. The highest BCUT2D eigenvalue weighted by Gasteiger charge is 2.19. The number of amides is 1. The number of nitrogens with two attached hydrogens (primary N) is 1. The summed E-state index contributed by atoms with van der Waals surface area (Å²) in [6.45, 7) is -0.536. The lowest BCUT2D eigenvalue weighted by molar-refractivity contribution is -0.140. The fourth-order valence-corrected chi connectivity index (χ4v) is 2.95. The van der Waals surface area contributed by atoms with Gasteiger partial charge in [-0.05, 0) is 0 Å². The molecule has 0 fully saturated rings. The lowest BCUT2D eigenvalue weighted by Crippen LogP contribution is -2.41. The number of hydrogen-bond acceptors (Lipinski definition) is 6. The average Bonchev–Trinajstić information content (AvgIpc) is 2.31. The highest BCUT2D eigenvalue weighted by molar-refractivity contribution is 8.76. The zero-order chi connectivity index (χ0) is 14.1. The normalized spacial score (nSPS) is 14.5. The molecule has 1 amide bonds. The van der Waals surface area contributed by atoms with Gasteiger partial charge in [-0.1, -0.05) is 21.6 Å². The van der Waals surface area contributed by atoms with E-state index in [2.05, 4.69) is 5.32 Å². The lowest BCUT2D eigenvalue weighted by Gasteiger charge is -2.12. The van der Waals surface area contributed by atoms with Crippen LogP contribution in [0.4, 0.5) is 0 Å². The molecule has 0 unspecified atom stereocenters. The third-order valence-electron chi connectivity index (χ3n) is 1.52. The number of carboxylic acid groups (broad SMARTS) is 2. The van der Waals surface area contributed by atoms with Crippen LogP contribution in [0.15, 0.2) is 0 Å². The molecule has 98 valence electrons. The Hall–Kier alpha value is -0.930. The fourth-order valence-electron chi connectivity index (χ4n) is 0.678. The van der Waals surface area contributed by atoms with E-state index >= 15 is 0 Å². The van der Waals surface area contributed by atoms with Crippen LogP contribution in [0.25, 0.3) is 0 Å². The first-order chi connectivity index (χ1) is 8.38. The second-order valence-electron chi connectivity index (χ2n) is 2.97. The molecule has 0 aliphatic rings. The molecule has 2 atom stereocenters. The van der Waals surface area contributed by atoms with E-state index in [1.54, 1.807) is 0 Å². The maximum absolute atomic E-state index is 10.9. The summed E-state index contributed by atoms with van der Waals surface area (Å²) in [6.07, 6.45) is 0. The van der Waals surface area contributed by atoms with E-state index < -0.39 is 36.8 Å². The van der Waals surface area contributed by atoms with Gasteiger partial charge in [0.25, 0.3) is 0 Å². The van der Waals surface area contributed by atoms with E-state index in [9.17, 15) is 14.4 Å². The van der Waals surface area contributed by atoms with E-state index in [4.69, 9.17) is 17.3 Å². The second kappa shape index (κ2) is 8.20. The molecule has 0 aromatic rings. The SMILES string of the molecule is [2H]CC(=O)N[C@@H](CSSC[C@H](N)C(=O)O)C(=O)O. The number of aliphatic carboxylic acids is 2. The van der Waals surface area contributed by atoms with Crippen LogP contribution < -0.4 is 11.1 Å². The van der Waals surface area contributed by atoms with E-state index in [1.807, 2.05) is 0 Å². The summed E-state index contributed by atoms with van der Waals surface area (Å²) < 4.78 is 6.76. The number of hydrogen-bond donors (Lipinski definition) is 4. The Labute approximate surface area is 107 Å². The van der Waals surface area contributed by atoms with Crippen molar-refractivity contribution in [3.05, 3.63) is 0 Å². The highest BCUT2D eigenvalue weighted by Crippen LogP contribution is 2.22. The van der Waals surface area contributed by atoms with Gasteiger partial charge in [-0.2, -0.15) is 0 Å². The van der Waals surface area contributed by atoms with Crippen molar-refractivity contribution in [3.63, 3.8) is 0 Å². The zero-order valence-electron chi connectivity index (χ0n) is 9.79. The van der Waals surface area contributed by atoms with Gasteiger partial charge in [-0.3, -0.25) is 9.59 Å². The van der Waals surface area contributed by atoms with Gasteiger partial charge >= 0.3 is 11.9 Å². The molecule has 0 radical (unpaired) electrons. The predicted molar refractivity (Wildman–Crippen MR) is 65.8 cm³/mol. The highest BCUT2D eigenvalue weighted by atomic mass is 33.1. The second-order valence-corrected chi connectivity index (χ2v) is 5.52. The Balaban J connectivity index is 3.95. The Bertz CT molecular complexity index is 318. The van der Waals surface area contributed by atoms with Crippen molar-refractivity contribution in [2.24, 2.45) is 5.73 Å². The minimum atomic E-state index is -1.20. The molecular formula is C8H14N2O5S2. The molecule has 7 nitrogen and oxygen atoms in total. The van der Waals surface area contributed by atoms with Gasteiger partial charge in [0.15, 0.2) is 0 Å². The number of carbonyl (C=O) groups is 3. The van der Waals surface area contributed by atoms with Crippen LogP contribution >= 0.6 is 21.6 Å². The number of carbonyl (C=O) groups excluding carboxylic acids is 1. The minimum Gasteiger partial charge on any atom is -0.480 e. The maximum atomic E-state index is 10.9. The third kappa shape index (κ3) is 7.88. The van der Waals surface area contributed by atoms with E-state index in [-0.39, 0.29) is 11.5 Å². The van der Waals surface area contributed by atoms with Crippen molar-refractivity contribution in [2.75, 3.05) is 11.5 Å². The lowest BCUT2D eigenvalue weighted by atomic mass is 10.3. The first kappa shape index (κ1) is 14.1. The molecule has 9 heteroatoms. The molecule has 17 heavy (non-hydrogen) atoms. The summed E-state index contributed by atoms with van der Waals surface area (Å²) in [4.78, 5) is 32.1. The maximum Gasteiger partial charge on any atom is 0.327 e. The Morgan fingerprint density at radius 2 is 1.88 bits per heavy atom. The van der Waals surface area contributed by atoms with Crippen LogP contribution in [-0.4, -0.2) is 51.6 Å². The number of rotatable bonds is 8. The number of carboxylic acids is 2. The van der Waals surface area contributed by atoms with E-state index in [0.717, 1.165) is 21.6 Å². The Kier molecular flexibility index (Phi) is 6.82. The molecule has 5 N–H and O–H groups in total. The smallest absolute Gasteiger partial charge is 0.327 e. The van der Waals surface area contributed by atoms with Crippen LogP contribution in [0.2, 0.25) is 0 Å². The molecule has 0 bridgehead atoms. The molecular weight excluding hydrogens is 268 g/mol. The largest absolute Gasteiger partial charge is 0.480 e. The van der Waals surface area contributed by atoms with Gasteiger partial charge in [-0.15, -0.1) is 0 Å². The van der Waals surface area contributed by atoms with Crippen LogP contribution in [0.3, 0.4) is 0 Å². The Morgan fingerprint density at radius 3 is 2.35 bits per heavy atom. The zero-order valence-corrected chi connectivity index (χ0v) is 10.4. The molecule has 0 aliphatic carbocycles. The quantitative estimate of drug-likeness (QED) is 0.342. The fraction of sp³-hybridized carbons (Fsp3) is 0.625. The topological polar surface area (TPSA) is 130 Å². The van der Waals surface area contributed by atoms with E-state index in [0.29, 0.717) is 0 Å². The third-order valence-corrected chi connectivity index (χ3v) is 3.96. The van der Waals surface area contributed by atoms with Gasteiger partial charge in [0.2, 0.25) is 5.91 Å². The molecule has 0 saturated heterocycles. The standard InChI is InChI=1S/C8H14N2O5S2/c1-4(11)10-6(8(14)15)3-17-16-2-5(9)7(12)13/h5-6H,2-3,9H2,1H3,(H,10,11)(H,12,13)(H,14,15)/t5-,6-/m0/s1/i1D. The first-order valence-electron chi connectivity index (χ1n) is 5.13.